The second-order valence-electron chi connectivity index (χ2n) is 5.34. The molecule has 1 fully saturated rings. The predicted octanol–water partition coefficient (Wildman–Crippen LogP) is 0.387. The van der Waals surface area contributed by atoms with Crippen molar-refractivity contribution in [3.8, 4) is 6.07 Å². The molecule has 0 aliphatic carbocycles. The van der Waals surface area contributed by atoms with Crippen molar-refractivity contribution in [2.45, 2.75) is 38.3 Å². The number of hydrogen-bond donors (Lipinski definition) is 1. The van der Waals surface area contributed by atoms with Gasteiger partial charge in [0.25, 0.3) is 0 Å². The van der Waals surface area contributed by atoms with Gasteiger partial charge in [0.2, 0.25) is 0 Å². The Hall–Kier alpha value is -0.640. The molecule has 0 radical (unpaired) electrons. The van der Waals surface area contributed by atoms with Crippen molar-refractivity contribution < 1.29 is 8.42 Å². The highest BCUT2D eigenvalue weighted by atomic mass is 32.2. The van der Waals surface area contributed by atoms with E-state index in [4.69, 9.17) is 0 Å². The van der Waals surface area contributed by atoms with Crippen molar-refractivity contribution >= 4 is 9.84 Å². The second-order valence-corrected chi connectivity index (χ2v) is 7.57. The Labute approximate surface area is 110 Å². The predicted molar refractivity (Wildman–Crippen MR) is 72.0 cm³/mol. The number of rotatable bonds is 6. The van der Waals surface area contributed by atoms with E-state index in [2.05, 4.69) is 18.3 Å². The minimum atomic E-state index is -2.86. The summed E-state index contributed by atoms with van der Waals surface area (Å²) >= 11 is 0. The number of hydrogen-bond acceptors (Lipinski definition) is 5. The molecule has 2 atom stereocenters. The lowest BCUT2D eigenvalue weighted by molar-refractivity contribution is 0.211. The quantitative estimate of drug-likeness (QED) is 0.758. The maximum Gasteiger partial charge on any atom is 0.151 e. The Morgan fingerprint density at radius 3 is 2.67 bits per heavy atom. The molecule has 1 aliphatic rings. The minimum Gasteiger partial charge on any atom is -0.299 e. The van der Waals surface area contributed by atoms with Crippen LogP contribution in [0.3, 0.4) is 0 Å². The molecule has 0 amide bonds. The van der Waals surface area contributed by atoms with Crippen molar-refractivity contribution in [1.29, 1.82) is 5.26 Å². The van der Waals surface area contributed by atoms with Crippen LogP contribution in [0.2, 0.25) is 0 Å². The van der Waals surface area contributed by atoms with Crippen LogP contribution in [0, 0.1) is 11.3 Å². The van der Waals surface area contributed by atoms with E-state index in [9.17, 15) is 13.7 Å². The third-order valence-corrected chi connectivity index (χ3v) is 5.16. The molecular weight excluding hydrogens is 250 g/mol. The van der Waals surface area contributed by atoms with E-state index in [0.29, 0.717) is 13.0 Å². The van der Waals surface area contributed by atoms with E-state index >= 15 is 0 Å². The van der Waals surface area contributed by atoms with Crippen LogP contribution in [0.1, 0.15) is 26.7 Å². The van der Waals surface area contributed by atoms with Gasteiger partial charge in [-0.25, -0.2) is 8.42 Å². The summed E-state index contributed by atoms with van der Waals surface area (Å²) in [7, 11) is -0.967. The smallest absolute Gasteiger partial charge is 0.151 e. The Balaban J connectivity index is 2.58. The Morgan fingerprint density at radius 2 is 2.22 bits per heavy atom. The first kappa shape index (κ1) is 15.4. The Bertz CT molecular complexity index is 416. The van der Waals surface area contributed by atoms with Gasteiger partial charge in [-0.1, -0.05) is 6.92 Å². The average Bonchev–Trinajstić information content (AvgIpc) is 2.67. The summed E-state index contributed by atoms with van der Waals surface area (Å²) in [6.07, 6.45) is 1.65. The fourth-order valence-electron chi connectivity index (χ4n) is 2.28. The highest BCUT2D eigenvalue weighted by Gasteiger charge is 2.34. The summed E-state index contributed by atoms with van der Waals surface area (Å²) in [5.41, 5.74) is -0.614. The van der Waals surface area contributed by atoms with E-state index < -0.39 is 15.4 Å². The molecule has 0 bridgehead atoms. The maximum absolute atomic E-state index is 11.4. The van der Waals surface area contributed by atoms with Crippen molar-refractivity contribution in [1.82, 2.24) is 10.2 Å². The molecule has 1 saturated heterocycles. The largest absolute Gasteiger partial charge is 0.299 e. The fraction of sp³-hybridized carbons (Fsp3) is 0.917. The lowest BCUT2D eigenvalue weighted by Crippen LogP contribution is -2.52. The van der Waals surface area contributed by atoms with Crippen molar-refractivity contribution in [3.63, 3.8) is 0 Å². The molecule has 5 nitrogen and oxygen atoms in total. The third kappa shape index (κ3) is 4.23. The normalized spacial score (nSPS) is 25.8. The summed E-state index contributed by atoms with van der Waals surface area (Å²) in [4.78, 5) is 2.00. The molecule has 1 aliphatic heterocycles. The first-order valence-corrected chi connectivity index (χ1v) is 8.21. The lowest BCUT2D eigenvalue weighted by Gasteiger charge is -2.32. The van der Waals surface area contributed by atoms with Gasteiger partial charge < -0.3 is 0 Å². The van der Waals surface area contributed by atoms with Gasteiger partial charge >= 0.3 is 0 Å². The molecule has 6 heteroatoms. The number of likely N-dealkylation sites (N-methyl/N-ethyl adjacent to an activating group) is 1. The molecule has 1 rings (SSSR count). The molecule has 0 aromatic carbocycles. The zero-order valence-corrected chi connectivity index (χ0v) is 12.3. The molecule has 18 heavy (non-hydrogen) atoms. The third-order valence-electron chi connectivity index (χ3n) is 3.41. The Morgan fingerprint density at radius 1 is 1.56 bits per heavy atom. The fourth-order valence-corrected chi connectivity index (χ4v) is 4.09. The summed E-state index contributed by atoms with van der Waals surface area (Å²) in [6, 6.07) is 2.33. The Kier molecular flexibility index (Phi) is 5.14. The monoisotopic (exact) mass is 273 g/mol. The van der Waals surface area contributed by atoms with E-state index in [1.165, 1.54) is 0 Å². The minimum absolute atomic E-state index is 0.0473. The SMILES string of the molecule is CCCNC(C)(C#N)CN(C)C1CCS(=O)(=O)C1. The summed E-state index contributed by atoms with van der Waals surface area (Å²) in [6.45, 7) is 5.26. The highest BCUT2D eigenvalue weighted by molar-refractivity contribution is 7.91. The van der Waals surface area contributed by atoms with E-state index in [-0.39, 0.29) is 17.5 Å². The van der Waals surface area contributed by atoms with Gasteiger partial charge in [0.15, 0.2) is 9.84 Å². The lowest BCUT2D eigenvalue weighted by atomic mass is 10.0. The van der Waals surface area contributed by atoms with Gasteiger partial charge in [0, 0.05) is 12.6 Å². The van der Waals surface area contributed by atoms with Crippen LogP contribution in [0.4, 0.5) is 0 Å². The standard InChI is InChI=1S/C12H23N3O2S/c1-4-6-14-12(2,9-13)10-15(3)11-5-7-18(16,17)8-11/h11,14H,4-8,10H2,1-3H3. The molecule has 0 saturated carbocycles. The van der Waals surface area contributed by atoms with Crippen LogP contribution in [0.15, 0.2) is 0 Å². The molecular formula is C12H23N3O2S. The van der Waals surface area contributed by atoms with Crippen LogP contribution in [-0.4, -0.2) is 56.5 Å². The van der Waals surface area contributed by atoms with Crippen LogP contribution >= 0.6 is 0 Å². The average molecular weight is 273 g/mol. The van der Waals surface area contributed by atoms with Crippen LogP contribution in [-0.2, 0) is 9.84 Å². The van der Waals surface area contributed by atoms with Gasteiger partial charge in [0.05, 0.1) is 17.6 Å². The van der Waals surface area contributed by atoms with Crippen molar-refractivity contribution in [2.24, 2.45) is 0 Å². The zero-order chi connectivity index (χ0) is 13.8. The molecule has 1 heterocycles. The molecule has 1 N–H and O–H groups in total. The maximum atomic E-state index is 11.4. The van der Waals surface area contributed by atoms with Gasteiger partial charge in [-0.3, -0.25) is 10.2 Å². The van der Waals surface area contributed by atoms with Gasteiger partial charge in [-0.05, 0) is 33.4 Å². The molecule has 0 aromatic rings. The molecule has 0 spiro atoms. The summed E-state index contributed by atoms with van der Waals surface area (Å²) < 4.78 is 22.9. The number of nitrogens with zero attached hydrogens (tertiary/aromatic N) is 2. The van der Waals surface area contributed by atoms with Crippen LogP contribution in [0.5, 0.6) is 0 Å². The summed E-state index contributed by atoms with van der Waals surface area (Å²) in [5.74, 6) is 0.493. The van der Waals surface area contributed by atoms with E-state index in [1.807, 2.05) is 18.9 Å². The topological polar surface area (TPSA) is 73.2 Å². The molecule has 104 valence electrons. The first-order chi connectivity index (χ1) is 8.32. The second kappa shape index (κ2) is 6.00. The molecule has 0 aromatic heterocycles. The summed E-state index contributed by atoms with van der Waals surface area (Å²) in [5, 5.41) is 12.5. The van der Waals surface area contributed by atoms with E-state index in [1.54, 1.807) is 0 Å². The number of sulfone groups is 1. The van der Waals surface area contributed by atoms with Crippen LogP contribution < -0.4 is 5.32 Å². The molecule has 2 unspecified atom stereocenters. The van der Waals surface area contributed by atoms with Crippen LogP contribution in [0.25, 0.3) is 0 Å². The van der Waals surface area contributed by atoms with E-state index in [0.717, 1.165) is 13.0 Å². The van der Waals surface area contributed by atoms with Gasteiger partial charge in [-0.15, -0.1) is 0 Å². The zero-order valence-electron chi connectivity index (χ0n) is 11.4. The van der Waals surface area contributed by atoms with Gasteiger partial charge in [-0.2, -0.15) is 5.26 Å². The number of nitrogens with one attached hydrogen (secondary N) is 1. The first-order valence-electron chi connectivity index (χ1n) is 6.39. The highest BCUT2D eigenvalue weighted by Crippen LogP contribution is 2.18. The van der Waals surface area contributed by atoms with Crippen molar-refractivity contribution in [3.05, 3.63) is 0 Å². The van der Waals surface area contributed by atoms with Gasteiger partial charge in [0.1, 0.15) is 5.54 Å². The van der Waals surface area contributed by atoms with Crippen molar-refractivity contribution in [2.75, 3.05) is 31.6 Å². The number of nitriles is 1.